The van der Waals surface area contributed by atoms with Crippen LogP contribution in [0.2, 0.25) is 0 Å². The van der Waals surface area contributed by atoms with Gasteiger partial charge < -0.3 is 9.32 Å². The maximum absolute atomic E-state index is 13.3. The molecule has 4 nitrogen and oxygen atoms in total. The Morgan fingerprint density at radius 2 is 1.89 bits per heavy atom. The molecule has 5 heteroatoms. The summed E-state index contributed by atoms with van der Waals surface area (Å²) in [7, 11) is 1.95. The Labute approximate surface area is 163 Å². The van der Waals surface area contributed by atoms with Gasteiger partial charge in [0, 0.05) is 10.6 Å². The Morgan fingerprint density at radius 1 is 1.11 bits per heavy atom. The van der Waals surface area contributed by atoms with E-state index in [2.05, 4.69) is 18.2 Å². The molecule has 0 spiro atoms. The second kappa shape index (κ2) is 8.03. The van der Waals surface area contributed by atoms with Crippen LogP contribution in [0.5, 0.6) is 0 Å². The number of furan rings is 1. The summed E-state index contributed by atoms with van der Waals surface area (Å²) in [6.45, 7) is 0.946. The lowest BCUT2D eigenvalue weighted by atomic mass is 10.1. The minimum absolute atomic E-state index is 0.0376. The van der Waals surface area contributed by atoms with Crippen LogP contribution in [0.1, 0.15) is 17.4 Å². The third-order valence-corrected chi connectivity index (χ3v) is 5.84. The molecule has 3 aromatic rings. The number of benzene rings is 2. The fourth-order valence-electron chi connectivity index (χ4n) is 3.45. The molecule has 27 heavy (non-hydrogen) atoms. The van der Waals surface area contributed by atoms with Gasteiger partial charge in [0.05, 0.1) is 31.1 Å². The molecule has 138 valence electrons. The maximum atomic E-state index is 13.3. The van der Waals surface area contributed by atoms with Gasteiger partial charge in [-0.3, -0.25) is 9.69 Å². The average Bonchev–Trinajstić information content (AvgIpc) is 3.20. The quantitative estimate of drug-likeness (QED) is 0.651. The van der Waals surface area contributed by atoms with Gasteiger partial charge in [0.2, 0.25) is 5.91 Å². The molecule has 0 N–H and O–H groups in total. The van der Waals surface area contributed by atoms with E-state index < -0.39 is 0 Å². The van der Waals surface area contributed by atoms with Crippen LogP contribution >= 0.6 is 11.8 Å². The zero-order valence-corrected chi connectivity index (χ0v) is 16.1. The van der Waals surface area contributed by atoms with Crippen molar-refractivity contribution in [3.63, 3.8) is 0 Å². The number of rotatable bonds is 5. The van der Waals surface area contributed by atoms with Crippen LogP contribution in [0.15, 0.2) is 82.3 Å². The first-order valence-electron chi connectivity index (χ1n) is 9.02. The van der Waals surface area contributed by atoms with Gasteiger partial charge in [-0.2, -0.15) is 0 Å². The molecule has 0 radical (unpaired) electrons. The second-order valence-corrected chi connectivity index (χ2v) is 7.78. The third-order valence-electron chi connectivity index (χ3n) is 4.70. The summed E-state index contributed by atoms with van der Waals surface area (Å²) in [6, 6.07) is 22.3. The molecule has 2 aromatic carbocycles. The summed E-state index contributed by atoms with van der Waals surface area (Å²) < 4.78 is 5.41. The van der Waals surface area contributed by atoms with E-state index in [1.54, 1.807) is 6.26 Å². The Morgan fingerprint density at radius 3 is 2.67 bits per heavy atom. The van der Waals surface area contributed by atoms with Crippen molar-refractivity contribution in [1.29, 1.82) is 0 Å². The Balaban J connectivity index is 1.60. The number of fused-ring (bicyclic) bond motifs is 1. The van der Waals surface area contributed by atoms with Crippen molar-refractivity contribution in [3.05, 3.63) is 84.3 Å². The first-order valence-corrected chi connectivity index (χ1v) is 10.0. The van der Waals surface area contributed by atoms with Crippen molar-refractivity contribution >= 4 is 23.4 Å². The van der Waals surface area contributed by atoms with Crippen molar-refractivity contribution in [1.82, 2.24) is 4.90 Å². The highest BCUT2D eigenvalue weighted by Crippen LogP contribution is 2.43. The van der Waals surface area contributed by atoms with Gasteiger partial charge in [0.15, 0.2) is 0 Å². The van der Waals surface area contributed by atoms with Gasteiger partial charge in [-0.25, -0.2) is 0 Å². The number of anilines is 1. The van der Waals surface area contributed by atoms with Gasteiger partial charge in [-0.05, 0) is 36.9 Å². The number of hydrogen-bond donors (Lipinski definition) is 0. The van der Waals surface area contributed by atoms with E-state index in [-0.39, 0.29) is 11.9 Å². The van der Waals surface area contributed by atoms with Crippen LogP contribution < -0.4 is 4.90 Å². The van der Waals surface area contributed by atoms with Gasteiger partial charge >= 0.3 is 0 Å². The Kier molecular flexibility index (Phi) is 5.32. The van der Waals surface area contributed by atoms with E-state index in [9.17, 15) is 4.79 Å². The summed E-state index contributed by atoms with van der Waals surface area (Å²) in [4.78, 5) is 18.5. The van der Waals surface area contributed by atoms with Crippen molar-refractivity contribution in [3.8, 4) is 0 Å². The second-order valence-electron chi connectivity index (χ2n) is 6.72. The highest BCUT2D eigenvalue weighted by molar-refractivity contribution is 7.99. The lowest BCUT2D eigenvalue weighted by Crippen LogP contribution is -2.43. The average molecular weight is 378 g/mol. The van der Waals surface area contributed by atoms with Crippen molar-refractivity contribution in [2.24, 2.45) is 0 Å². The van der Waals surface area contributed by atoms with Crippen LogP contribution in [-0.4, -0.2) is 30.2 Å². The molecule has 1 aliphatic heterocycles. The Bertz CT molecular complexity index is 896. The van der Waals surface area contributed by atoms with E-state index in [0.29, 0.717) is 13.1 Å². The number of likely N-dealkylation sites (N-methyl/N-ethyl adjacent to an activating group) is 1. The summed E-state index contributed by atoms with van der Waals surface area (Å²) in [5.74, 6) is 1.82. The molecular formula is C22H22N2O2S. The summed E-state index contributed by atoms with van der Waals surface area (Å²) >= 11 is 1.81. The fourth-order valence-corrected chi connectivity index (χ4v) is 4.62. The molecule has 1 unspecified atom stereocenters. The van der Waals surface area contributed by atoms with Gasteiger partial charge in [0.1, 0.15) is 5.76 Å². The molecule has 0 saturated carbocycles. The number of nitrogens with zero attached hydrogens (tertiary/aromatic N) is 2. The van der Waals surface area contributed by atoms with Crippen LogP contribution in [0.3, 0.4) is 0 Å². The first-order chi connectivity index (χ1) is 13.2. The van der Waals surface area contributed by atoms with Crippen LogP contribution in [-0.2, 0) is 11.3 Å². The highest BCUT2D eigenvalue weighted by Gasteiger charge is 2.32. The minimum Gasteiger partial charge on any atom is -0.468 e. The number of thioether (sulfide) groups is 1. The van der Waals surface area contributed by atoms with Crippen LogP contribution in [0.25, 0.3) is 0 Å². The largest absolute Gasteiger partial charge is 0.468 e. The van der Waals surface area contributed by atoms with Crippen molar-refractivity contribution in [2.45, 2.75) is 17.5 Å². The maximum Gasteiger partial charge on any atom is 0.241 e. The van der Waals surface area contributed by atoms with Crippen LogP contribution in [0.4, 0.5) is 5.69 Å². The zero-order valence-electron chi connectivity index (χ0n) is 15.2. The van der Waals surface area contributed by atoms with Crippen molar-refractivity contribution < 1.29 is 9.21 Å². The molecule has 0 saturated heterocycles. The number of hydrogen-bond acceptors (Lipinski definition) is 4. The lowest BCUT2D eigenvalue weighted by Gasteiger charge is -2.38. The summed E-state index contributed by atoms with van der Waals surface area (Å²) in [5, 5.41) is 0. The third kappa shape index (κ3) is 3.94. The monoisotopic (exact) mass is 378 g/mol. The molecule has 0 bridgehead atoms. The van der Waals surface area contributed by atoms with Gasteiger partial charge in [0.25, 0.3) is 0 Å². The minimum atomic E-state index is 0.0376. The number of amides is 1. The first kappa shape index (κ1) is 17.9. The molecular weight excluding hydrogens is 356 g/mol. The predicted octanol–water partition coefficient (Wildman–Crippen LogP) is 4.59. The number of carbonyl (C=O) groups excluding carboxylic acids is 1. The number of carbonyl (C=O) groups is 1. The van der Waals surface area contributed by atoms with Gasteiger partial charge in [-0.1, -0.05) is 42.5 Å². The van der Waals surface area contributed by atoms with E-state index >= 15 is 0 Å². The predicted molar refractivity (Wildman–Crippen MR) is 109 cm³/mol. The lowest BCUT2D eigenvalue weighted by molar-refractivity contribution is -0.120. The molecule has 0 aliphatic carbocycles. The normalized spacial score (nSPS) is 16.4. The standard InChI is InChI=1S/C22H22N2O2S/c1-23(14-18-10-7-13-26-18)15-22(25)24-19-11-5-6-12-21(19)27-16-20(24)17-8-3-2-4-9-17/h2-13,20H,14-16H2,1H3. The molecule has 0 fully saturated rings. The molecule has 4 rings (SSSR count). The highest BCUT2D eigenvalue weighted by atomic mass is 32.2. The van der Waals surface area contributed by atoms with Gasteiger partial charge in [-0.15, -0.1) is 11.8 Å². The van der Waals surface area contributed by atoms with E-state index in [0.717, 1.165) is 22.1 Å². The smallest absolute Gasteiger partial charge is 0.241 e. The molecule has 1 aliphatic rings. The van der Waals surface area contributed by atoms with Crippen molar-refractivity contribution in [2.75, 3.05) is 24.2 Å². The summed E-state index contributed by atoms with van der Waals surface area (Å²) in [5.41, 5.74) is 2.17. The van der Waals surface area contributed by atoms with Crippen LogP contribution in [0, 0.1) is 0 Å². The molecule has 1 atom stereocenters. The van der Waals surface area contributed by atoms with E-state index in [1.807, 2.05) is 77.1 Å². The molecule has 2 heterocycles. The Hall–Kier alpha value is -2.50. The number of para-hydroxylation sites is 1. The van der Waals surface area contributed by atoms with E-state index in [4.69, 9.17) is 4.42 Å². The molecule has 1 amide bonds. The summed E-state index contributed by atoms with van der Waals surface area (Å²) in [6.07, 6.45) is 1.66. The topological polar surface area (TPSA) is 36.7 Å². The SMILES string of the molecule is CN(CC(=O)N1c2ccccc2SCC1c1ccccc1)Cc1ccco1. The van der Waals surface area contributed by atoms with E-state index in [1.165, 1.54) is 5.56 Å². The zero-order chi connectivity index (χ0) is 18.6. The molecule has 1 aromatic heterocycles. The fraction of sp³-hybridized carbons (Fsp3) is 0.227.